The maximum Gasteiger partial charge on any atom is 0.320 e. The van der Waals surface area contributed by atoms with Crippen LogP contribution in [-0.4, -0.2) is 15.8 Å². The fourth-order valence-electron chi connectivity index (χ4n) is 0. The fraction of sp³-hybridized carbons (Fsp3) is 0.750. The molecule has 0 aliphatic heterocycles. The highest BCUT2D eigenvalue weighted by atomic mass is 32.1. The first-order valence-electron chi connectivity index (χ1n) is 1.88. The number of carboxylic acids is 1. The zero-order chi connectivity index (χ0) is 6.08. The molecule has 0 unspecified atom stereocenters. The van der Waals surface area contributed by atoms with E-state index in [2.05, 4.69) is 12.6 Å². The van der Waals surface area contributed by atoms with E-state index < -0.39 is 10.7 Å². The maximum absolute atomic E-state index is 9.92. The Morgan fingerprint density at radius 1 is 1.71 bits per heavy atom. The second kappa shape index (κ2) is 1.74. The Kier molecular flexibility index (Phi) is 1.69. The molecule has 41 valence electrons. The van der Waals surface area contributed by atoms with Gasteiger partial charge < -0.3 is 5.11 Å². The standard InChI is InChI=1S/C4H7O2S/c1-4(2,7)3(5)6/h1-2H3,(H,5,6). The zero-order valence-electron chi connectivity index (χ0n) is 4.26. The predicted molar refractivity (Wildman–Crippen MR) is 29.3 cm³/mol. The summed E-state index contributed by atoms with van der Waals surface area (Å²) in [5.74, 6) is -0.942. The lowest BCUT2D eigenvalue weighted by Gasteiger charge is -2.06. The van der Waals surface area contributed by atoms with Gasteiger partial charge in [-0.2, -0.15) is 0 Å². The molecule has 2 nitrogen and oxygen atoms in total. The molecule has 0 aromatic heterocycles. The number of hydrogen-bond donors (Lipinski definition) is 1. The number of carbonyl (C=O) groups is 1. The van der Waals surface area contributed by atoms with Crippen LogP contribution in [0.25, 0.3) is 0 Å². The molecule has 0 aliphatic carbocycles. The third-order valence-corrected chi connectivity index (χ3v) is 0.690. The summed E-state index contributed by atoms with van der Waals surface area (Å²) in [6, 6.07) is 0. The second-order valence-electron chi connectivity index (χ2n) is 1.82. The number of carboxylic acid groups (broad SMARTS) is 1. The third kappa shape index (κ3) is 2.51. The first kappa shape index (κ1) is 6.82. The Morgan fingerprint density at radius 2 is 1.86 bits per heavy atom. The summed E-state index contributed by atoms with van der Waals surface area (Å²) in [6.07, 6.45) is 0. The van der Waals surface area contributed by atoms with Crippen LogP contribution in [0.15, 0.2) is 0 Å². The van der Waals surface area contributed by atoms with E-state index in [1.165, 1.54) is 13.8 Å². The Balaban J connectivity index is 3.79. The van der Waals surface area contributed by atoms with Crippen molar-refractivity contribution in [2.45, 2.75) is 18.6 Å². The molecule has 0 spiro atoms. The molecule has 0 aromatic rings. The first-order valence-corrected chi connectivity index (χ1v) is 2.29. The minimum absolute atomic E-state index is 0.942. The lowest BCUT2D eigenvalue weighted by Crippen LogP contribution is -2.23. The summed E-state index contributed by atoms with van der Waals surface area (Å²) in [5, 5.41) is 8.15. The van der Waals surface area contributed by atoms with Crippen LogP contribution in [0.2, 0.25) is 0 Å². The number of rotatable bonds is 1. The molecule has 1 radical (unpaired) electrons. The summed E-state index contributed by atoms with van der Waals surface area (Å²) >= 11 is 4.51. The van der Waals surface area contributed by atoms with E-state index in [4.69, 9.17) is 5.11 Å². The van der Waals surface area contributed by atoms with Crippen molar-refractivity contribution < 1.29 is 9.90 Å². The predicted octanol–water partition coefficient (Wildman–Crippen LogP) is 1.05. The molecule has 0 amide bonds. The van der Waals surface area contributed by atoms with Gasteiger partial charge in [0.25, 0.3) is 0 Å². The van der Waals surface area contributed by atoms with E-state index in [-0.39, 0.29) is 0 Å². The van der Waals surface area contributed by atoms with Crippen molar-refractivity contribution in [3.05, 3.63) is 0 Å². The van der Waals surface area contributed by atoms with Gasteiger partial charge in [-0.3, -0.25) is 4.79 Å². The molecule has 0 saturated carbocycles. The van der Waals surface area contributed by atoms with Crippen molar-refractivity contribution in [2.75, 3.05) is 0 Å². The normalized spacial score (nSPS) is 11.3. The van der Waals surface area contributed by atoms with E-state index in [9.17, 15) is 4.79 Å². The summed E-state index contributed by atoms with van der Waals surface area (Å²) in [7, 11) is 0. The molecule has 1 N–H and O–H groups in total. The molecule has 0 aromatic carbocycles. The smallest absolute Gasteiger partial charge is 0.320 e. The molecular formula is C4H7O2S. The molecule has 0 atom stereocenters. The van der Waals surface area contributed by atoms with Gasteiger partial charge in [0.2, 0.25) is 0 Å². The molecule has 0 bridgehead atoms. The Bertz CT molecular complexity index is 82.2. The summed E-state index contributed by atoms with van der Waals surface area (Å²) in [6.45, 7) is 2.95. The average molecular weight is 119 g/mol. The highest BCUT2D eigenvalue weighted by Crippen LogP contribution is 2.10. The minimum atomic E-state index is -1.00. The quantitative estimate of drug-likeness (QED) is 0.560. The zero-order valence-corrected chi connectivity index (χ0v) is 5.08. The summed E-state index contributed by atoms with van der Waals surface area (Å²) in [5.41, 5.74) is 0. The molecule has 0 fully saturated rings. The van der Waals surface area contributed by atoms with Crippen molar-refractivity contribution >= 4 is 18.6 Å². The summed E-state index contributed by atoms with van der Waals surface area (Å²) < 4.78 is -1.00. The van der Waals surface area contributed by atoms with Gasteiger partial charge in [0.15, 0.2) is 0 Å². The van der Waals surface area contributed by atoms with Gasteiger partial charge in [-0.25, -0.2) is 0 Å². The van der Waals surface area contributed by atoms with Crippen LogP contribution in [0.1, 0.15) is 13.8 Å². The minimum Gasteiger partial charge on any atom is -0.480 e. The van der Waals surface area contributed by atoms with E-state index in [0.717, 1.165) is 0 Å². The van der Waals surface area contributed by atoms with Gasteiger partial charge in [-0.1, -0.05) is 12.6 Å². The maximum atomic E-state index is 9.92. The van der Waals surface area contributed by atoms with Crippen molar-refractivity contribution in [3.63, 3.8) is 0 Å². The van der Waals surface area contributed by atoms with E-state index >= 15 is 0 Å². The lowest BCUT2D eigenvalue weighted by molar-refractivity contribution is -0.138. The van der Waals surface area contributed by atoms with Crippen LogP contribution in [0, 0.1) is 0 Å². The van der Waals surface area contributed by atoms with Crippen molar-refractivity contribution in [3.8, 4) is 0 Å². The van der Waals surface area contributed by atoms with Gasteiger partial charge in [-0.15, -0.1) is 0 Å². The Morgan fingerprint density at radius 3 is 1.86 bits per heavy atom. The SMILES string of the molecule is CC(C)([S])C(=O)O. The van der Waals surface area contributed by atoms with E-state index in [1.807, 2.05) is 0 Å². The third-order valence-electron chi connectivity index (χ3n) is 0.515. The lowest BCUT2D eigenvalue weighted by atomic mass is 10.2. The van der Waals surface area contributed by atoms with Crippen LogP contribution < -0.4 is 0 Å². The number of hydrogen-bond acceptors (Lipinski definition) is 1. The molecule has 0 rings (SSSR count). The molecule has 3 heteroatoms. The average Bonchev–Trinajstić information content (AvgIpc) is 1.31. The molecule has 0 saturated heterocycles. The van der Waals surface area contributed by atoms with Crippen molar-refractivity contribution in [2.24, 2.45) is 0 Å². The Labute approximate surface area is 47.9 Å². The summed E-state index contributed by atoms with van der Waals surface area (Å²) in [4.78, 5) is 9.92. The second-order valence-corrected chi connectivity index (χ2v) is 2.84. The van der Waals surface area contributed by atoms with E-state index in [1.54, 1.807) is 0 Å². The highest BCUT2D eigenvalue weighted by molar-refractivity contribution is 7.82. The molecule has 0 heterocycles. The molecular weight excluding hydrogens is 112 g/mol. The van der Waals surface area contributed by atoms with Crippen LogP contribution in [0.3, 0.4) is 0 Å². The molecule has 0 aliphatic rings. The van der Waals surface area contributed by atoms with Gasteiger partial charge in [0.1, 0.15) is 4.75 Å². The molecule has 7 heavy (non-hydrogen) atoms. The van der Waals surface area contributed by atoms with Gasteiger partial charge in [0.05, 0.1) is 0 Å². The van der Waals surface area contributed by atoms with Crippen LogP contribution in [-0.2, 0) is 4.79 Å². The Hall–Kier alpha value is -0.180. The van der Waals surface area contributed by atoms with E-state index in [0.29, 0.717) is 0 Å². The highest BCUT2D eigenvalue weighted by Gasteiger charge is 2.21. The topological polar surface area (TPSA) is 37.3 Å². The van der Waals surface area contributed by atoms with Crippen molar-refractivity contribution in [1.29, 1.82) is 0 Å². The first-order chi connectivity index (χ1) is 2.94. The van der Waals surface area contributed by atoms with Gasteiger partial charge in [0, 0.05) is 0 Å². The van der Waals surface area contributed by atoms with Gasteiger partial charge in [-0.05, 0) is 13.8 Å². The fourth-order valence-corrected chi connectivity index (χ4v) is 0. The van der Waals surface area contributed by atoms with Crippen LogP contribution >= 0.6 is 12.6 Å². The van der Waals surface area contributed by atoms with Crippen LogP contribution in [0.4, 0.5) is 0 Å². The number of aliphatic carboxylic acids is 1. The van der Waals surface area contributed by atoms with Crippen LogP contribution in [0.5, 0.6) is 0 Å². The van der Waals surface area contributed by atoms with Gasteiger partial charge >= 0.3 is 5.97 Å². The monoisotopic (exact) mass is 119 g/mol. The largest absolute Gasteiger partial charge is 0.480 e. The van der Waals surface area contributed by atoms with Crippen molar-refractivity contribution in [1.82, 2.24) is 0 Å².